The highest BCUT2D eigenvalue weighted by atomic mass is 32.2. The van der Waals surface area contributed by atoms with Gasteiger partial charge in [-0.2, -0.15) is 17.9 Å². The van der Waals surface area contributed by atoms with E-state index < -0.39 is 12.0 Å². The van der Waals surface area contributed by atoms with Gasteiger partial charge in [0, 0.05) is 23.4 Å². The molecule has 0 bridgehead atoms. The molecule has 12 heteroatoms. The summed E-state index contributed by atoms with van der Waals surface area (Å²) in [7, 11) is 1.34. The molecule has 35 heavy (non-hydrogen) atoms. The van der Waals surface area contributed by atoms with Crippen molar-refractivity contribution in [3.8, 4) is 5.69 Å². The molecule has 2 aromatic carbocycles. The summed E-state index contributed by atoms with van der Waals surface area (Å²) in [4.78, 5) is 13.3. The Morgan fingerprint density at radius 1 is 1.20 bits per heavy atom. The van der Waals surface area contributed by atoms with Gasteiger partial charge < -0.3 is 10.1 Å². The Morgan fingerprint density at radius 3 is 2.60 bits per heavy atom. The van der Waals surface area contributed by atoms with Crippen LogP contribution in [0.2, 0.25) is 0 Å². The Morgan fingerprint density at radius 2 is 1.94 bits per heavy atom. The van der Waals surface area contributed by atoms with Gasteiger partial charge in [0.1, 0.15) is 5.82 Å². The second-order valence-electron chi connectivity index (χ2n) is 8.18. The summed E-state index contributed by atoms with van der Waals surface area (Å²) in [6.07, 6.45) is -1.54. The maximum Gasteiger partial charge on any atom is 0.453 e. The molecule has 1 aliphatic carbocycles. The molecule has 1 aliphatic rings. The fourth-order valence-electron chi connectivity index (χ4n) is 4.61. The molecule has 0 aliphatic heterocycles. The summed E-state index contributed by atoms with van der Waals surface area (Å²) in [6, 6.07) is 10.8. The van der Waals surface area contributed by atoms with Crippen molar-refractivity contribution in [1.29, 1.82) is 0 Å². The lowest BCUT2D eigenvalue weighted by Gasteiger charge is -2.25. The number of carbonyl (C=O) groups is 1. The van der Waals surface area contributed by atoms with Gasteiger partial charge >= 0.3 is 12.1 Å². The Kier molecular flexibility index (Phi) is 7.41. The second kappa shape index (κ2) is 10.3. The van der Waals surface area contributed by atoms with Crippen LogP contribution in [0.25, 0.3) is 5.69 Å². The molecule has 1 N–H and O–H groups in total. The van der Waals surface area contributed by atoms with Crippen LogP contribution in [0.4, 0.5) is 17.6 Å². The highest BCUT2D eigenvalue weighted by Crippen LogP contribution is 2.41. The quantitative estimate of drug-likeness (QED) is 0.288. The van der Waals surface area contributed by atoms with Gasteiger partial charge in [-0.3, -0.25) is 4.79 Å². The molecule has 0 amide bonds. The number of benzene rings is 2. The molecule has 0 radical (unpaired) electrons. The molecule has 0 saturated heterocycles. The van der Waals surface area contributed by atoms with E-state index in [4.69, 9.17) is 4.74 Å². The second-order valence-corrected chi connectivity index (χ2v) is 9.03. The lowest BCUT2D eigenvalue weighted by Crippen LogP contribution is -2.34. The lowest BCUT2D eigenvalue weighted by atomic mass is 9.86. The number of rotatable bonds is 7. The molecule has 1 aromatic heterocycles. The number of aromatic nitrogens is 4. The summed E-state index contributed by atoms with van der Waals surface area (Å²) < 4.78 is 59.0. The number of ether oxygens (including phenoxy) is 1. The van der Waals surface area contributed by atoms with Crippen LogP contribution in [-0.4, -0.2) is 45.6 Å². The number of hydrogen-bond acceptors (Lipinski definition) is 7. The van der Waals surface area contributed by atoms with Crippen LogP contribution in [0.5, 0.6) is 0 Å². The fraction of sp³-hybridized carbons (Fsp3) is 0.391. The van der Waals surface area contributed by atoms with E-state index in [-0.39, 0.29) is 35.4 Å². The number of halogens is 4. The first kappa shape index (κ1) is 25.1. The van der Waals surface area contributed by atoms with Gasteiger partial charge in [0.25, 0.3) is 5.82 Å². The Bertz CT molecular complexity index is 1190. The Hall–Kier alpha value is -2.99. The van der Waals surface area contributed by atoms with Gasteiger partial charge in [-0.15, -0.1) is 16.9 Å². The maximum absolute atomic E-state index is 13.5. The predicted octanol–water partition coefficient (Wildman–Crippen LogP) is 4.37. The number of alkyl halides is 3. The van der Waals surface area contributed by atoms with Gasteiger partial charge in [0.05, 0.1) is 18.7 Å². The molecule has 3 atom stereocenters. The van der Waals surface area contributed by atoms with Crippen molar-refractivity contribution in [1.82, 2.24) is 25.5 Å². The first-order valence-corrected chi connectivity index (χ1v) is 12.0. The Balaban J connectivity index is 1.60. The van der Waals surface area contributed by atoms with Crippen molar-refractivity contribution in [3.63, 3.8) is 0 Å². The molecule has 186 valence electrons. The van der Waals surface area contributed by atoms with E-state index in [1.165, 1.54) is 37.1 Å². The monoisotopic (exact) mass is 509 g/mol. The zero-order chi connectivity index (χ0) is 25.2. The van der Waals surface area contributed by atoms with E-state index >= 15 is 0 Å². The zero-order valence-corrected chi connectivity index (χ0v) is 19.7. The number of esters is 1. The molecule has 3 aromatic rings. The van der Waals surface area contributed by atoms with Crippen LogP contribution < -0.4 is 5.32 Å². The summed E-state index contributed by atoms with van der Waals surface area (Å²) in [5, 5.41) is 13.3. The number of methoxy groups -OCH3 is 1. The van der Waals surface area contributed by atoms with Gasteiger partial charge in [0.15, 0.2) is 0 Å². The molecular formula is C23H23F4N5O2S. The third kappa shape index (κ3) is 5.32. The van der Waals surface area contributed by atoms with E-state index in [1.54, 1.807) is 24.3 Å². The van der Waals surface area contributed by atoms with Crippen molar-refractivity contribution >= 4 is 17.7 Å². The van der Waals surface area contributed by atoms with Crippen LogP contribution in [0, 0.1) is 11.7 Å². The summed E-state index contributed by atoms with van der Waals surface area (Å²) >= 11 is 1.46. The van der Waals surface area contributed by atoms with Gasteiger partial charge in [-0.1, -0.05) is 12.1 Å². The van der Waals surface area contributed by atoms with E-state index in [0.717, 1.165) is 16.0 Å². The summed E-state index contributed by atoms with van der Waals surface area (Å²) in [6.45, 7) is 0.337. The Labute approximate surface area is 203 Å². The topological polar surface area (TPSA) is 81.9 Å². The van der Waals surface area contributed by atoms with Crippen molar-refractivity contribution in [3.05, 3.63) is 65.2 Å². The van der Waals surface area contributed by atoms with Gasteiger partial charge in [-0.05, 0) is 71.0 Å². The van der Waals surface area contributed by atoms with Gasteiger partial charge in [-0.25, -0.2) is 4.39 Å². The predicted molar refractivity (Wildman–Crippen MR) is 120 cm³/mol. The SMILES string of the molecule is COC(=O)[C@H]1CC[C@H](NCc2cc(-n3nnnc3C(F)(F)F)ccc2SC)[C@@H]1c1ccc(F)cc1. The summed E-state index contributed by atoms with van der Waals surface area (Å²) in [5.41, 5.74) is 1.77. The highest BCUT2D eigenvalue weighted by molar-refractivity contribution is 7.98. The molecule has 0 spiro atoms. The van der Waals surface area contributed by atoms with E-state index in [0.29, 0.717) is 24.1 Å². The first-order valence-electron chi connectivity index (χ1n) is 10.8. The number of thioether (sulfide) groups is 1. The molecule has 1 saturated carbocycles. The molecule has 1 heterocycles. The van der Waals surface area contributed by atoms with Crippen LogP contribution in [0.15, 0.2) is 47.4 Å². The van der Waals surface area contributed by atoms with Crippen molar-refractivity contribution in [2.45, 2.75) is 42.4 Å². The number of nitrogens with one attached hydrogen (secondary N) is 1. The summed E-state index contributed by atoms with van der Waals surface area (Å²) in [5.74, 6) is -2.52. The third-order valence-corrected chi connectivity index (χ3v) is 7.04. The third-order valence-electron chi connectivity index (χ3n) is 6.20. The number of nitrogens with zero attached hydrogens (tertiary/aromatic N) is 4. The molecule has 0 unspecified atom stereocenters. The smallest absolute Gasteiger partial charge is 0.453 e. The average Bonchev–Trinajstić information content (AvgIpc) is 3.50. The van der Waals surface area contributed by atoms with E-state index in [1.807, 2.05) is 6.26 Å². The van der Waals surface area contributed by atoms with Crippen LogP contribution >= 0.6 is 11.8 Å². The van der Waals surface area contributed by atoms with E-state index in [2.05, 4.69) is 20.8 Å². The standard InChI is InChI=1S/C23H23F4N5O2S/c1-34-21(33)17-8-9-18(20(17)13-3-5-15(24)6-4-13)28-12-14-11-16(7-10-19(14)35-2)32-22(23(25,26)27)29-30-31-32/h3-7,10-11,17-18,20,28H,8-9,12H2,1-2H3/t17-,18-,20+/m0/s1. The minimum Gasteiger partial charge on any atom is -0.469 e. The van der Waals surface area contributed by atoms with Crippen LogP contribution in [0.1, 0.15) is 35.7 Å². The van der Waals surface area contributed by atoms with Gasteiger partial charge in [0.2, 0.25) is 0 Å². The fourth-order valence-corrected chi connectivity index (χ4v) is 5.20. The number of tetrazole rings is 1. The largest absolute Gasteiger partial charge is 0.469 e. The average molecular weight is 510 g/mol. The van der Waals surface area contributed by atoms with Crippen LogP contribution in [0.3, 0.4) is 0 Å². The number of carbonyl (C=O) groups excluding carboxylic acids is 1. The molecular weight excluding hydrogens is 486 g/mol. The number of hydrogen-bond donors (Lipinski definition) is 1. The van der Waals surface area contributed by atoms with Crippen molar-refractivity contribution < 1.29 is 27.1 Å². The van der Waals surface area contributed by atoms with Crippen molar-refractivity contribution in [2.75, 3.05) is 13.4 Å². The van der Waals surface area contributed by atoms with Crippen molar-refractivity contribution in [2.24, 2.45) is 5.92 Å². The minimum atomic E-state index is -4.70. The zero-order valence-electron chi connectivity index (χ0n) is 18.9. The maximum atomic E-state index is 13.5. The van der Waals surface area contributed by atoms with Crippen LogP contribution in [-0.2, 0) is 22.3 Å². The highest BCUT2D eigenvalue weighted by Gasteiger charge is 2.42. The normalized spacial score (nSPS) is 20.2. The van der Waals surface area contributed by atoms with E-state index in [9.17, 15) is 22.4 Å². The first-order chi connectivity index (χ1) is 16.7. The molecule has 1 fully saturated rings. The molecule has 7 nitrogen and oxygen atoms in total. The lowest BCUT2D eigenvalue weighted by molar-refractivity contribution is -0.147. The minimum absolute atomic E-state index is 0.123. The molecule has 4 rings (SSSR count).